The fourth-order valence-electron chi connectivity index (χ4n) is 4.67. The van der Waals surface area contributed by atoms with Gasteiger partial charge in [-0.1, -0.05) is 29.8 Å². The molecule has 3 heterocycles. The highest BCUT2D eigenvalue weighted by Gasteiger charge is 2.39. The van der Waals surface area contributed by atoms with E-state index in [0.717, 1.165) is 0 Å². The molecule has 232 valence electrons. The van der Waals surface area contributed by atoms with E-state index in [4.69, 9.17) is 11.6 Å². The number of anilines is 2. The molecule has 1 aliphatic rings. The molecule has 2 atom stereocenters. The van der Waals surface area contributed by atoms with Gasteiger partial charge in [0.1, 0.15) is 12.4 Å². The first-order chi connectivity index (χ1) is 21.6. The number of hydrogen-bond donors (Lipinski definition) is 3. The van der Waals surface area contributed by atoms with Crippen LogP contribution in [0.1, 0.15) is 30.1 Å². The molecule has 1 unspecified atom stereocenters. The summed E-state index contributed by atoms with van der Waals surface area (Å²) in [5, 5.41) is 19.6. The molecule has 0 spiro atoms. The second kappa shape index (κ2) is 13.6. The summed E-state index contributed by atoms with van der Waals surface area (Å²) in [5.41, 5.74) is 3.03. The highest BCUT2D eigenvalue weighted by Crippen LogP contribution is 2.36. The van der Waals surface area contributed by atoms with Gasteiger partial charge in [-0.25, -0.2) is 4.79 Å². The van der Waals surface area contributed by atoms with Crippen LogP contribution in [0.3, 0.4) is 0 Å². The molecule has 1 aliphatic heterocycles. The van der Waals surface area contributed by atoms with E-state index in [1.54, 1.807) is 54.6 Å². The van der Waals surface area contributed by atoms with Gasteiger partial charge >= 0.3 is 12.3 Å². The molecule has 2 aromatic carbocycles. The van der Waals surface area contributed by atoms with E-state index in [1.807, 2.05) is 0 Å². The van der Waals surface area contributed by atoms with Gasteiger partial charge in [-0.05, 0) is 77.4 Å². The van der Waals surface area contributed by atoms with Crippen LogP contribution in [-0.4, -0.2) is 56.5 Å². The Morgan fingerprint density at radius 2 is 1.93 bits per heavy atom. The molecule has 0 saturated heterocycles. The summed E-state index contributed by atoms with van der Waals surface area (Å²) in [4.78, 5) is 29.3. The second-order valence-corrected chi connectivity index (χ2v) is 10.3. The lowest BCUT2D eigenvalue weighted by atomic mass is 9.98. The quantitative estimate of drug-likeness (QED) is 0.176. The van der Waals surface area contributed by atoms with Crippen LogP contribution in [0.5, 0.6) is 0 Å². The van der Waals surface area contributed by atoms with E-state index in [2.05, 4.69) is 41.2 Å². The molecule has 3 N–H and O–H groups in total. The molecule has 11 nitrogen and oxygen atoms in total. The largest absolute Gasteiger partial charge is 0.453 e. The van der Waals surface area contributed by atoms with Gasteiger partial charge in [0.05, 0.1) is 24.5 Å². The number of fused-ring (bicyclic) bond motifs is 4. The van der Waals surface area contributed by atoms with Crippen molar-refractivity contribution in [2.24, 2.45) is 0 Å². The molecule has 15 heteroatoms. The number of rotatable bonds is 5. The van der Waals surface area contributed by atoms with Gasteiger partial charge in [-0.15, -0.1) is 5.10 Å². The lowest BCUT2D eigenvalue weighted by molar-refractivity contribution is -0.141. The van der Waals surface area contributed by atoms with Gasteiger partial charge < -0.3 is 15.4 Å². The maximum absolute atomic E-state index is 14.1. The summed E-state index contributed by atoms with van der Waals surface area (Å²) in [6.07, 6.45) is 3.24. The number of carbonyl (C=O) groups is 2. The number of hydrogen-bond acceptors (Lipinski definition) is 8. The maximum Gasteiger partial charge on any atom is 0.411 e. The number of benzene rings is 2. The van der Waals surface area contributed by atoms with Gasteiger partial charge in [0.2, 0.25) is 5.91 Å². The van der Waals surface area contributed by atoms with Crippen molar-refractivity contribution >= 4 is 41.1 Å². The molecule has 2 bridgehead atoms. The van der Waals surface area contributed by atoms with Gasteiger partial charge in [-0.3, -0.25) is 15.1 Å². The maximum atomic E-state index is 14.1. The lowest BCUT2D eigenvalue weighted by Gasteiger charge is -2.25. The molecule has 0 fully saturated rings. The number of pyridine rings is 1. The molecule has 0 saturated carbocycles. The molecule has 45 heavy (non-hydrogen) atoms. The third-order valence-corrected chi connectivity index (χ3v) is 7.09. The number of methoxy groups -OCH3 is 1. The van der Waals surface area contributed by atoms with E-state index in [9.17, 15) is 22.8 Å². The number of ether oxygens (including phenoxy) is 1. The van der Waals surface area contributed by atoms with Crippen LogP contribution >= 0.6 is 11.6 Å². The molecule has 0 radical (unpaired) electrons. The van der Waals surface area contributed by atoms with E-state index < -0.39 is 30.3 Å². The summed E-state index contributed by atoms with van der Waals surface area (Å²) in [7, 11) is 1.18. The van der Waals surface area contributed by atoms with Crippen LogP contribution in [0.4, 0.5) is 29.3 Å². The Hall–Kier alpha value is -5.24. The number of halogens is 4. The number of tetrazole rings is 1. The number of aromatic nitrogens is 5. The molecular formula is C30H26ClF3N8O3. The minimum absolute atomic E-state index is 0.140. The molecular weight excluding hydrogens is 613 g/mol. The van der Waals surface area contributed by atoms with Crippen LogP contribution < -0.4 is 16.0 Å². The zero-order chi connectivity index (χ0) is 32.0. The first kappa shape index (κ1) is 31.2. The standard InChI is InChI=1S/C30H26ClF3N8O3/c1-45-29(44)37-21-8-9-22-18-12-13-35-25(15-18)23(4-2-3-5-27(30(32,33)34)38-24(22)16-21)39-28(43)11-6-19-14-20(31)7-10-26(19)42-17-36-40-41-42/h2-3,6-17,23,27,38H,4-5H2,1H3,(H,37,44)(H,39,43)/b3-2+,11-6+/t23-,27?/m0/s1. The fourth-order valence-corrected chi connectivity index (χ4v) is 4.85. The van der Waals surface area contributed by atoms with Crippen LogP contribution in [0.2, 0.25) is 5.02 Å². The van der Waals surface area contributed by atoms with Crippen LogP contribution in [0.25, 0.3) is 22.9 Å². The average Bonchev–Trinajstić information content (AvgIpc) is 3.55. The lowest BCUT2D eigenvalue weighted by Crippen LogP contribution is -2.36. The van der Waals surface area contributed by atoms with Crippen molar-refractivity contribution in [1.82, 2.24) is 30.5 Å². The summed E-state index contributed by atoms with van der Waals surface area (Å²) in [6.45, 7) is 0. The fraction of sp³-hybridized carbons (Fsp3) is 0.200. The summed E-state index contributed by atoms with van der Waals surface area (Å²) >= 11 is 6.18. The van der Waals surface area contributed by atoms with E-state index in [1.165, 1.54) is 42.5 Å². The molecule has 4 aromatic rings. The Balaban J connectivity index is 1.47. The highest BCUT2D eigenvalue weighted by molar-refractivity contribution is 6.30. The second-order valence-electron chi connectivity index (χ2n) is 9.88. The summed E-state index contributed by atoms with van der Waals surface area (Å²) in [5.74, 6) is -0.468. The Labute approximate surface area is 260 Å². The first-order valence-electron chi connectivity index (χ1n) is 13.6. The number of amides is 2. The molecule has 5 rings (SSSR count). The van der Waals surface area contributed by atoms with E-state index in [-0.39, 0.29) is 24.2 Å². The van der Waals surface area contributed by atoms with Crippen molar-refractivity contribution in [3.8, 4) is 16.8 Å². The van der Waals surface area contributed by atoms with Gasteiger partial charge in [0, 0.05) is 39.8 Å². The zero-order valence-corrected chi connectivity index (χ0v) is 24.4. The van der Waals surface area contributed by atoms with Crippen LogP contribution in [0.15, 0.2) is 79.3 Å². The number of nitrogens with one attached hydrogen (secondary N) is 3. The third-order valence-electron chi connectivity index (χ3n) is 6.85. The van der Waals surface area contributed by atoms with E-state index in [0.29, 0.717) is 33.1 Å². The minimum Gasteiger partial charge on any atom is -0.453 e. The molecule has 2 aromatic heterocycles. The first-order valence-corrected chi connectivity index (χ1v) is 13.9. The smallest absolute Gasteiger partial charge is 0.411 e. The Kier molecular flexibility index (Phi) is 9.42. The minimum atomic E-state index is -4.58. The highest BCUT2D eigenvalue weighted by atomic mass is 35.5. The zero-order valence-electron chi connectivity index (χ0n) is 23.6. The Morgan fingerprint density at radius 1 is 1.11 bits per heavy atom. The van der Waals surface area contributed by atoms with Crippen molar-refractivity contribution in [2.75, 3.05) is 17.7 Å². The Morgan fingerprint density at radius 3 is 2.69 bits per heavy atom. The third kappa shape index (κ3) is 7.84. The monoisotopic (exact) mass is 638 g/mol. The average molecular weight is 639 g/mol. The van der Waals surface area contributed by atoms with Crippen molar-refractivity contribution in [1.29, 1.82) is 0 Å². The van der Waals surface area contributed by atoms with Gasteiger partial charge in [0.15, 0.2) is 0 Å². The SMILES string of the molecule is COC(=O)Nc1ccc2c(c1)NC(C(F)(F)F)C/C=C/C[C@H](NC(=O)/C=C/c1cc(Cl)ccc1-n1cnnn1)c1cc-2ccn1. The van der Waals surface area contributed by atoms with Crippen molar-refractivity contribution in [3.63, 3.8) is 0 Å². The van der Waals surface area contributed by atoms with Crippen molar-refractivity contribution in [3.05, 3.63) is 95.6 Å². The Bertz CT molecular complexity index is 1740. The van der Waals surface area contributed by atoms with Gasteiger partial charge in [-0.2, -0.15) is 17.9 Å². The van der Waals surface area contributed by atoms with Crippen LogP contribution in [0, 0.1) is 0 Å². The predicted molar refractivity (Wildman–Crippen MR) is 162 cm³/mol. The van der Waals surface area contributed by atoms with Gasteiger partial charge in [0.25, 0.3) is 0 Å². The van der Waals surface area contributed by atoms with E-state index >= 15 is 0 Å². The number of carbonyl (C=O) groups excluding carboxylic acids is 2. The molecule has 2 amide bonds. The van der Waals surface area contributed by atoms with Crippen LogP contribution in [-0.2, 0) is 9.53 Å². The summed E-state index contributed by atoms with van der Waals surface area (Å²) in [6, 6.07) is 10.3. The summed E-state index contributed by atoms with van der Waals surface area (Å²) < 4.78 is 48.3. The van der Waals surface area contributed by atoms with Crippen molar-refractivity contribution < 1.29 is 27.5 Å². The molecule has 0 aliphatic carbocycles. The normalized spacial score (nSPS) is 17.3. The topological polar surface area (TPSA) is 136 Å². The number of nitrogens with zero attached hydrogens (tertiary/aromatic N) is 5. The number of alkyl halides is 3. The predicted octanol–water partition coefficient (Wildman–Crippen LogP) is 6.12. The van der Waals surface area contributed by atoms with Crippen molar-refractivity contribution in [2.45, 2.75) is 31.1 Å².